The Morgan fingerprint density at radius 1 is 1.00 bits per heavy atom. The molecule has 0 radical (unpaired) electrons. The van der Waals surface area contributed by atoms with Crippen LogP contribution in [-0.2, 0) is 0 Å². The molecule has 0 fully saturated rings. The molecule has 0 aliphatic carbocycles. The van der Waals surface area contributed by atoms with Gasteiger partial charge in [-0.2, -0.15) is 5.26 Å². The Kier molecular flexibility index (Phi) is 4.79. The summed E-state index contributed by atoms with van der Waals surface area (Å²) in [7, 11) is 0. The van der Waals surface area contributed by atoms with Crippen LogP contribution in [0.25, 0.3) is 0 Å². The third-order valence-corrected chi connectivity index (χ3v) is 1.35. The van der Waals surface area contributed by atoms with Gasteiger partial charge in [-0.1, -0.05) is 19.9 Å². The van der Waals surface area contributed by atoms with Crippen molar-refractivity contribution >= 4 is 0 Å². The SMILES string of the molecule is CC.Cc1cc(C)cc(C#N)c1. The fourth-order valence-corrected chi connectivity index (χ4v) is 1.04. The number of aryl methyl sites for hydroxylation is 2. The van der Waals surface area contributed by atoms with Crippen molar-refractivity contribution in [3.63, 3.8) is 0 Å². The Balaban J connectivity index is 0.000000561. The molecule has 0 bridgehead atoms. The predicted octanol–water partition coefficient (Wildman–Crippen LogP) is 3.20. The second-order valence-electron chi connectivity index (χ2n) is 2.49. The van der Waals surface area contributed by atoms with E-state index in [0.29, 0.717) is 0 Å². The van der Waals surface area contributed by atoms with Gasteiger partial charge in [0, 0.05) is 0 Å². The molecule has 0 aliphatic rings. The van der Waals surface area contributed by atoms with Gasteiger partial charge in [-0.25, -0.2) is 0 Å². The molecule has 0 amide bonds. The van der Waals surface area contributed by atoms with Crippen LogP contribution in [0, 0.1) is 25.2 Å². The second-order valence-corrected chi connectivity index (χ2v) is 2.49. The summed E-state index contributed by atoms with van der Waals surface area (Å²) in [5, 5.41) is 8.54. The van der Waals surface area contributed by atoms with E-state index in [1.54, 1.807) is 0 Å². The first-order valence-electron chi connectivity index (χ1n) is 4.21. The van der Waals surface area contributed by atoms with E-state index in [1.165, 1.54) is 0 Å². The van der Waals surface area contributed by atoms with E-state index in [2.05, 4.69) is 12.1 Å². The molecule has 12 heavy (non-hydrogen) atoms. The molecule has 0 saturated heterocycles. The molecule has 0 aromatic heterocycles. The smallest absolute Gasteiger partial charge is 0.0991 e. The first kappa shape index (κ1) is 10.7. The quantitative estimate of drug-likeness (QED) is 0.573. The van der Waals surface area contributed by atoms with Crippen LogP contribution in [0.5, 0.6) is 0 Å². The van der Waals surface area contributed by atoms with Crippen molar-refractivity contribution in [1.29, 1.82) is 5.26 Å². The van der Waals surface area contributed by atoms with Gasteiger partial charge in [-0.15, -0.1) is 0 Å². The Hall–Kier alpha value is -1.29. The lowest BCUT2D eigenvalue weighted by molar-refractivity contribution is 1.35. The minimum Gasteiger partial charge on any atom is -0.192 e. The Bertz CT molecular complexity index is 261. The lowest BCUT2D eigenvalue weighted by Crippen LogP contribution is -1.79. The van der Waals surface area contributed by atoms with Gasteiger partial charge in [0.25, 0.3) is 0 Å². The van der Waals surface area contributed by atoms with Crippen molar-refractivity contribution in [3.05, 3.63) is 34.9 Å². The molecule has 0 saturated carbocycles. The molecule has 0 unspecified atom stereocenters. The predicted molar refractivity (Wildman–Crippen MR) is 52.0 cm³/mol. The molecular weight excluding hydrogens is 146 g/mol. The van der Waals surface area contributed by atoms with E-state index in [0.717, 1.165) is 16.7 Å². The molecule has 1 rings (SSSR count). The van der Waals surface area contributed by atoms with E-state index >= 15 is 0 Å². The number of nitriles is 1. The van der Waals surface area contributed by atoms with Crippen molar-refractivity contribution in [2.24, 2.45) is 0 Å². The number of nitrogens with zero attached hydrogens (tertiary/aromatic N) is 1. The van der Waals surface area contributed by atoms with Crippen molar-refractivity contribution in [2.45, 2.75) is 27.7 Å². The zero-order valence-corrected chi connectivity index (χ0v) is 8.18. The van der Waals surface area contributed by atoms with Crippen molar-refractivity contribution in [3.8, 4) is 6.07 Å². The van der Waals surface area contributed by atoms with Crippen molar-refractivity contribution in [2.75, 3.05) is 0 Å². The summed E-state index contributed by atoms with van der Waals surface area (Å²) in [6.07, 6.45) is 0. The summed E-state index contributed by atoms with van der Waals surface area (Å²) in [5.41, 5.74) is 3.05. The van der Waals surface area contributed by atoms with Crippen LogP contribution in [0.3, 0.4) is 0 Å². The highest BCUT2D eigenvalue weighted by Gasteiger charge is 1.91. The zero-order valence-electron chi connectivity index (χ0n) is 8.18. The summed E-state index contributed by atoms with van der Waals surface area (Å²) >= 11 is 0. The number of hydrogen-bond acceptors (Lipinski definition) is 1. The first-order chi connectivity index (χ1) is 5.72. The van der Waals surface area contributed by atoms with Gasteiger partial charge < -0.3 is 0 Å². The molecule has 1 heteroatoms. The maximum atomic E-state index is 8.54. The summed E-state index contributed by atoms with van der Waals surface area (Å²) in [6.45, 7) is 7.99. The van der Waals surface area contributed by atoms with Gasteiger partial charge >= 0.3 is 0 Å². The number of hydrogen-bond donors (Lipinski definition) is 0. The molecule has 64 valence electrons. The lowest BCUT2D eigenvalue weighted by atomic mass is 10.1. The standard InChI is InChI=1S/C9H9N.C2H6/c1-7-3-8(2)5-9(4-7)6-10;1-2/h3-5H,1-2H3;1-2H3. The van der Waals surface area contributed by atoms with Crippen LogP contribution in [0.2, 0.25) is 0 Å². The summed E-state index contributed by atoms with van der Waals surface area (Å²) in [6, 6.07) is 7.93. The highest BCUT2D eigenvalue weighted by Crippen LogP contribution is 2.06. The number of benzene rings is 1. The lowest BCUT2D eigenvalue weighted by Gasteiger charge is -1.95. The van der Waals surface area contributed by atoms with Gasteiger partial charge in [0.2, 0.25) is 0 Å². The summed E-state index contributed by atoms with van der Waals surface area (Å²) in [5.74, 6) is 0. The van der Waals surface area contributed by atoms with Gasteiger partial charge in [0.15, 0.2) is 0 Å². The molecule has 0 aliphatic heterocycles. The maximum absolute atomic E-state index is 8.54. The Labute approximate surface area is 74.7 Å². The van der Waals surface area contributed by atoms with E-state index in [1.807, 2.05) is 39.8 Å². The molecule has 0 heterocycles. The first-order valence-corrected chi connectivity index (χ1v) is 4.21. The van der Waals surface area contributed by atoms with Crippen LogP contribution < -0.4 is 0 Å². The third-order valence-electron chi connectivity index (χ3n) is 1.35. The minimum atomic E-state index is 0.748. The summed E-state index contributed by atoms with van der Waals surface area (Å²) < 4.78 is 0. The maximum Gasteiger partial charge on any atom is 0.0991 e. The van der Waals surface area contributed by atoms with Gasteiger partial charge in [-0.3, -0.25) is 0 Å². The molecular formula is C11H15N. The Morgan fingerprint density at radius 3 is 1.75 bits per heavy atom. The molecule has 0 N–H and O–H groups in total. The highest BCUT2D eigenvalue weighted by molar-refractivity contribution is 5.36. The average Bonchev–Trinajstić information content (AvgIpc) is 2.06. The second kappa shape index (κ2) is 5.37. The van der Waals surface area contributed by atoms with Crippen LogP contribution in [0.4, 0.5) is 0 Å². The normalized spacial score (nSPS) is 7.92. The monoisotopic (exact) mass is 161 g/mol. The Morgan fingerprint density at radius 2 is 1.42 bits per heavy atom. The largest absolute Gasteiger partial charge is 0.192 e. The van der Waals surface area contributed by atoms with Gasteiger partial charge in [0.1, 0.15) is 0 Å². The molecule has 1 aromatic rings. The highest BCUT2D eigenvalue weighted by atomic mass is 14.2. The van der Waals surface area contributed by atoms with E-state index in [4.69, 9.17) is 5.26 Å². The van der Waals surface area contributed by atoms with E-state index in [-0.39, 0.29) is 0 Å². The average molecular weight is 161 g/mol. The molecule has 0 atom stereocenters. The molecule has 0 spiro atoms. The molecule has 1 nitrogen and oxygen atoms in total. The fourth-order valence-electron chi connectivity index (χ4n) is 1.04. The number of rotatable bonds is 0. The van der Waals surface area contributed by atoms with Gasteiger partial charge in [-0.05, 0) is 37.1 Å². The minimum absolute atomic E-state index is 0.748. The van der Waals surface area contributed by atoms with Crippen LogP contribution in [-0.4, -0.2) is 0 Å². The molecule has 1 aromatic carbocycles. The third kappa shape index (κ3) is 3.21. The van der Waals surface area contributed by atoms with Gasteiger partial charge in [0.05, 0.1) is 11.6 Å². The van der Waals surface area contributed by atoms with E-state index < -0.39 is 0 Å². The topological polar surface area (TPSA) is 23.8 Å². The van der Waals surface area contributed by atoms with Crippen LogP contribution in [0.1, 0.15) is 30.5 Å². The van der Waals surface area contributed by atoms with Crippen molar-refractivity contribution < 1.29 is 0 Å². The fraction of sp³-hybridized carbons (Fsp3) is 0.364. The van der Waals surface area contributed by atoms with E-state index in [9.17, 15) is 0 Å². The zero-order chi connectivity index (χ0) is 9.56. The van der Waals surface area contributed by atoms with Crippen LogP contribution in [0.15, 0.2) is 18.2 Å². The van der Waals surface area contributed by atoms with Crippen LogP contribution >= 0.6 is 0 Å². The summed E-state index contributed by atoms with van der Waals surface area (Å²) in [4.78, 5) is 0. The van der Waals surface area contributed by atoms with Crippen molar-refractivity contribution in [1.82, 2.24) is 0 Å².